The third-order valence-electron chi connectivity index (χ3n) is 2.64. The molecule has 0 aliphatic heterocycles. The zero-order valence-electron chi connectivity index (χ0n) is 9.85. The molecule has 0 fully saturated rings. The lowest BCUT2D eigenvalue weighted by molar-refractivity contribution is -0.128. The fourth-order valence-corrected chi connectivity index (χ4v) is 2.26. The molecule has 2 aromatic heterocycles. The predicted molar refractivity (Wildman–Crippen MR) is 61.9 cm³/mol. The van der Waals surface area contributed by atoms with Crippen LogP contribution in [0.4, 0.5) is 13.2 Å². The van der Waals surface area contributed by atoms with Gasteiger partial charge in [-0.15, -0.1) is 5.10 Å². The molecule has 2 aromatic rings. The van der Waals surface area contributed by atoms with Gasteiger partial charge in [0.25, 0.3) is 0 Å². The molecule has 0 bridgehead atoms. The van der Waals surface area contributed by atoms with Crippen molar-refractivity contribution in [2.24, 2.45) is 0 Å². The van der Waals surface area contributed by atoms with E-state index in [2.05, 4.69) is 10.1 Å². The maximum atomic E-state index is 12.3. The molecular formula is C11H11ClF3N3. The summed E-state index contributed by atoms with van der Waals surface area (Å²) in [5, 5.41) is 4.13. The van der Waals surface area contributed by atoms with Gasteiger partial charge in [-0.25, -0.2) is 9.50 Å². The number of hydrogen-bond donors (Lipinski definition) is 0. The molecule has 0 spiro atoms. The van der Waals surface area contributed by atoms with Crippen LogP contribution in [0.2, 0.25) is 5.15 Å². The molecule has 0 amide bonds. The Morgan fingerprint density at radius 3 is 2.61 bits per heavy atom. The third-order valence-corrected chi connectivity index (χ3v) is 3.03. The van der Waals surface area contributed by atoms with Crippen molar-refractivity contribution in [1.82, 2.24) is 14.6 Å². The minimum absolute atomic E-state index is 0.267. The van der Waals surface area contributed by atoms with Crippen molar-refractivity contribution in [3.63, 3.8) is 0 Å². The second-order valence-corrected chi connectivity index (χ2v) is 4.40. The van der Waals surface area contributed by atoms with Gasteiger partial charge in [0.05, 0.1) is 0 Å². The Labute approximate surface area is 107 Å². The van der Waals surface area contributed by atoms with Gasteiger partial charge in [0.2, 0.25) is 0 Å². The highest BCUT2D eigenvalue weighted by atomic mass is 35.5. The van der Waals surface area contributed by atoms with Crippen LogP contribution in [0.1, 0.15) is 23.9 Å². The molecule has 0 radical (unpaired) electrons. The average molecular weight is 278 g/mol. The van der Waals surface area contributed by atoms with Gasteiger partial charge in [0.1, 0.15) is 11.6 Å². The Morgan fingerprint density at radius 2 is 2.06 bits per heavy atom. The van der Waals surface area contributed by atoms with Crippen molar-refractivity contribution >= 4 is 17.2 Å². The first kappa shape index (κ1) is 13.1. The highest BCUT2D eigenvalue weighted by molar-refractivity contribution is 6.30. The molecule has 0 atom stereocenters. The highest BCUT2D eigenvalue weighted by Gasteiger charge is 2.30. The fourth-order valence-electron chi connectivity index (χ4n) is 1.86. The number of nitrogens with zero attached hydrogens (tertiary/aromatic N) is 3. The maximum Gasteiger partial charge on any atom is 0.396 e. The lowest BCUT2D eigenvalue weighted by Crippen LogP contribution is -2.12. The quantitative estimate of drug-likeness (QED) is 0.788. The number of pyridine rings is 1. The molecule has 0 aromatic carbocycles. The SMILES string of the molecule is CCc1c(C)cc2nc(CC(F)(F)F)nn2c1Cl. The van der Waals surface area contributed by atoms with E-state index in [9.17, 15) is 13.2 Å². The summed E-state index contributed by atoms with van der Waals surface area (Å²) in [5.74, 6) is -0.267. The van der Waals surface area contributed by atoms with E-state index in [-0.39, 0.29) is 5.82 Å². The van der Waals surface area contributed by atoms with Crippen molar-refractivity contribution in [2.45, 2.75) is 32.9 Å². The van der Waals surface area contributed by atoms with Crippen LogP contribution in [-0.4, -0.2) is 20.8 Å². The number of aromatic nitrogens is 3. The Kier molecular flexibility index (Phi) is 3.23. The molecule has 0 unspecified atom stereocenters. The largest absolute Gasteiger partial charge is 0.396 e. The first-order valence-electron chi connectivity index (χ1n) is 5.42. The smallest absolute Gasteiger partial charge is 0.211 e. The Morgan fingerprint density at radius 1 is 1.39 bits per heavy atom. The van der Waals surface area contributed by atoms with Crippen LogP contribution in [0.3, 0.4) is 0 Å². The van der Waals surface area contributed by atoms with Crippen molar-refractivity contribution in [1.29, 1.82) is 0 Å². The van der Waals surface area contributed by atoms with Gasteiger partial charge in [-0.3, -0.25) is 0 Å². The van der Waals surface area contributed by atoms with Crippen molar-refractivity contribution in [3.05, 3.63) is 28.2 Å². The van der Waals surface area contributed by atoms with E-state index < -0.39 is 12.6 Å². The molecule has 0 saturated carbocycles. The van der Waals surface area contributed by atoms with Gasteiger partial charge < -0.3 is 0 Å². The fraction of sp³-hybridized carbons (Fsp3) is 0.455. The van der Waals surface area contributed by atoms with E-state index in [1.54, 1.807) is 6.07 Å². The number of alkyl halides is 3. The van der Waals surface area contributed by atoms with Crippen LogP contribution in [-0.2, 0) is 12.8 Å². The molecule has 0 N–H and O–H groups in total. The summed E-state index contributed by atoms with van der Waals surface area (Å²) >= 11 is 6.11. The molecule has 98 valence electrons. The summed E-state index contributed by atoms with van der Waals surface area (Å²) in [6.45, 7) is 3.77. The van der Waals surface area contributed by atoms with E-state index in [0.717, 1.165) is 11.1 Å². The number of rotatable bonds is 2. The lowest BCUT2D eigenvalue weighted by Gasteiger charge is -2.06. The van der Waals surface area contributed by atoms with E-state index >= 15 is 0 Å². The van der Waals surface area contributed by atoms with Crippen LogP contribution in [0, 0.1) is 6.92 Å². The second kappa shape index (κ2) is 4.42. The number of hydrogen-bond acceptors (Lipinski definition) is 2. The zero-order valence-corrected chi connectivity index (χ0v) is 10.6. The minimum atomic E-state index is -4.32. The van der Waals surface area contributed by atoms with Crippen molar-refractivity contribution < 1.29 is 13.2 Å². The van der Waals surface area contributed by atoms with Crippen LogP contribution >= 0.6 is 11.6 Å². The van der Waals surface area contributed by atoms with Crippen molar-refractivity contribution in [3.8, 4) is 0 Å². The van der Waals surface area contributed by atoms with Gasteiger partial charge >= 0.3 is 6.18 Å². The zero-order chi connectivity index (χ0) is 13.5. The van der Waals surface area contributed by atoms with Crippen LogP contribution in [0.15, 0.2) is 6.07 Å². The molecule has 2 rings (SSSR count). The first-order chi connectivity index (χ1) is 8.31. The van der Waals surface area contributed by atoms with Gasteiger partial charge in [0.15, 0.2) is 11.5 Å². The Balaban J connectivity index is 2.55. The number of aryl methyl sites for hydroxylation is 1. The molecule has 3 nitrogen and oxygen atoms in total. The summed E-state index contributed by atoms with van der Waals surface area (Å²) in [5.41, 5.74) is 2.11. The molecule has 0 aliphatic carbocycles. The van der Waals surface area contributed by atoms with Gasteiger partial charge in [-0.1, -0.05) is 18.5 Å². The molecule has 7 heteroatoms. The first-order valence-corrected chi connectivity index (χ1v) is 5.80. The second-order valence-electron chi connectivity index (χ2n) is 4.04. The predicted octanol–water partition coefficient (Wildman–Crippen LogP) is 3.36. The standard InChI is InChI=1S/C11H11ClF3N3/c1-3-7-6(2)4-9-16-8(5-11(13,14)15)17-18(9)10(7)12/h4H,3,5H2,1-2H3. The van der Waals surface area contributed by atoms with Crippen LogP contribution < -0.4 is 0 Å². The summed E-state index contributed by atoms with van der Waals surface area (Å²) in [7, 11) is 0. The summed E-state index contributed by atoms with van der Waals surface area (Å²) < 4.78 is 38.1. The van der Waals surface area contributed by atoms with Crippen LogP contribution in [0.25, 0.3) is 5.65 Å². The lowest BCUT2D eigenvalue weighted by atomic mass is 10.1. The number of halogens is 4. The molecular weight excluding hydrogens is 267 g/mol. The Bertz CT molecular complexity index is 589. The molecule has 0 saturated heterocycles. The summed E-state index contributed by atoms with van der Waals surface area (Å²) in [6, 6.07) is 1.69. The Hall–Kier alpha value is -1.30. The van der Waals surface area contributed by atoms with E-state index in [4.69, 9.17) is 11.6 Å². The van der Waals surface area contributed by atoms with Gasteiger partial charge in [-0.2, -0.15) is 13.2 Å². The van der Waals surface area contributed by atoms with Crippen molar-refractivity contribution in [2.75, 3.05) is 0 Å². The van der Waals surface area contributed by atoms with Gasteiger partial charge in [-0.05, 0) is 30.5 Å². The summed E-state index contributed by atoms with van der Waals surface area (Å²) in [4.78, 5) is 3.84. The average Bonchev–Trinajstić information content (AvgIpc) is 2.58. The van der Waals surface area contributed by atoms with E-state index in [1.807, 2.05) is 13.8 Å². The third kappa shape index (κ3) is 2.43. The molecule has 18 heavy (non-hydrogen) atoms. The molecule has 0 aliphatic rings. The summed E-state index contributed by atoms with van der Waals surface area (Å²) in [6.07, 6.45) is -4.78. The minimum Gasteiger partial charge on any atom is -0.211 e. The van der Waals surface area contributed by atoms with E-state index in [1.165, 1.54) is 4.52 Å². The highest BCUT2D eigenvalue weighted by Crippen LogP contribution is 2.24. The monoisotopic (exact) mass is 277 g/mol. The molecule has 2 heterocycles. The van der Waals surface area contributed by atoms with Gasteiger partial charge in [0, 0.05) is 0 Å². The number of fused-ring (bicyclic) bond motifs is 1. The topological polar surface area (TPSA) is 30.2 Å². The van der Waals surface area contributed by atoms with E-state index in [0.29, 0.717) is 17.2 Å². The normalized spacial score (nSPS) is 12.3. The maximum absolute atomic E-state index is 12.3. The van der Waals surface area contributed by atoms with Crippen LogP contribution in [0.5, 0.6) is 0 Å².